The summed E-state index contributed by atoms with van der Waals surface area (Å²) in [5.74, 6) is 0. The lowest BCUT2D eigenvalue weighted by molar-refractivity contribution is 0.769. The molecule has 184 valence electrons. The van der Waals surface area contributed by atoms with E-state index in [4.69, 9.17) is 0 Å². The number of hydrogen-bond donors (Lipinski definition) is 0. The van der Waals surface area contributed by atoms with Gasteiger partial charge in [0, 0.05) is 20.9 Å². The minimum absolute atomic E-state index is 0.399. The third kappa shape index (κ3) is 3.13. The zero-order chi connectivity index (χ0) is 26.0. The molecule has 1 nitrogen and oxygen atoms in total. The van der Waals surface area contributed by atoms with Crippen molar-refractivity contribution in [3.63, 3.8) is 0 Å². The van der Waals surface area contributed by atoms with Gasteiger partial charge >= 0.3 is 0 Å². The SMILES string of the molecule is Brc1ccc(-n2c3ccccc3c3cc4c(cc32)-c2ccccc2C4(c2ccccc2)c2ccccc2)cc1. The molecule has 0 saturated carbocycles. The lowest BCUT2D eigenvalue weighted by atomic mass is 9.67. The summed E-state index contributed by atoms with van der Waals surface area (Å²) in [6, 6.07) is 53.3. The van der Waals surface area contributed by atoms with E-state index in [1.165, 1.54) is 55.2 Å². The summed E-state index contributed by atoms with van der Waals surface area (Å²) in [5.41, 5.74) is 11.1. The molecule has 1 aliphatic carbocycles. The van der Waals surface area contributed by atoms with Crippen molar-refractivity contribution in [3.8, 4) is 16.8 Å². The Kier molecular flexibility index (Phi) is 4.95. The molecule has 0 atom stereocenters. The maximum Gasteiger partial charge on any atom is 0.0713 e. The number of aromatic nitrogens is 1. The third-order valence-corrected chi connectivity index (χ3v) is 8.86. The summed E-state index contributed by atoms with van der Waals surface area (Å²) in [6.07, 6.45) is 0. The standard InChI is InChI=1S/C37H24BrN/c38-27-19-21-28(22-20-27)39-35-18-10-8-16-30(35)32-23-34-31(24-36(32)39)29-15-7-9-17-33(29)37(34,25-11-3-1-4-12-25)26-13-5-2-6-14-26/h1-24H. The minimum Gasteiger partial charge on any atom is -0.309 e. The van der Waals surface area contributed by atoms with E-state index in [2.05, 4.69) is 166 Å². The van der Waals surface area contributed by atoms with Crippen molar-refractivity contribution in [3.05, 3.63) is 172 Å². The number of halogens is 1. The average molecular weight is 563 g/mol. The molecule has 1 aromatic heterocycles. The van der Waals surface area contributed by atoms with Gasteiger partial charge in [-0.2, -0.15) is 0 Å². The Bertz CT molecular complexity index is 1960. The molecule has 0 unspecified atom stereocenters. The molecular formula is C37H24BrN. The van der Waals surface area contributed by atoms with Crippen LogP contribution < -0.4 is 0 Å². The van der Waals surface area contributed by atoms with Gasteiger partial charge in [0.2, 0.25) is 0 Å². The molecule has 0 amide bonds. The second-order valence-corrected chi connectivity index (χ2v) is 11.2. The van der Waals surface area contributed by atoms with Crippen LogP contribution in [0.25, 0.3) is 38.6 Å². The van der Waals surface area contributed by atoms with Gasteiger partial charge in [0.25, 0.3) is 0 Å². The molecule has 8 rings (SSSR count). The smallest absolute Gasteiger partial charge is 0.0713 e. The van der Waals surface area contributed by atoms with Gasteiger partial charge < -0.3 is 4.57 Å². The summed E-state index contributed by atoms with van der Waals surface area (Å²) in [4.78, 5) is 0. The van der Waals surface area contributed by atoms with E-state index in [-0.39, 0.29) is 0 Å². The van der Waals surface area contributed by atoms with Gasteiger partial charge in [-0.05, 0) is 75.8 Å². The van der Waals surface area contributed by atoms with Crippen molar-refractivity contribution in [1.82, 2.24) is 4.57 Å². The average Bonchev–Trinajstić information content (AvgIpc) is 3.48. The Balaban J connectivity index is 1.56. The fraction of sp³-hybridized carbons (Fsp3) is 0.0270. The van der Waals surface area contributed by atoms with Crippen molar-refractivity contribution < 1.29 is 0 Å². The summed E-state index contributed by atoms with van der Waals surface area (Å²) >= 11 is 3.61. The van der Waals surface area contributed by atoms with E-state index >= 15 is 0 Å². The second-order valence-electron chi connectivity index (χ2n) is 10.3. The van der Waals surface area contributed by atoms with Gasteiger partial charge in [-0.25, -0.2) is 0 Å². The van der Waals surface area contributed by atoms with E-state index in [0.29, 0.717) is 0 Å². The molecule has 0 fully saturated rings. The highest BCUT2D eigenvalue weighted by molar-refractivity contribution is 9.10. The van der Waals surface area contributed by atoms with Gasteiger partial charge in [0.1, 0.15) is 0 Å². The molecular weight excluding hydrogens is 538 g/mol. The number of rotatable bonds is 3. The van der Waals surface area contributed by atoms with Crippen LogP contribution in [0.5, 0.6) is 0 Å². The topological polar surface area (TPSA) is 4.93 Å². The first-order chi connectivity index (χ1) is 19.3. The molecule has 6 aromatic carbocycles. The van der Waals surface area contributed by atoms with Crippen LogP contribution >= 0.6 is 15.9 Å². The van der Waals surface area contributed by atoms with E-state index < -0.39 is 5.41 Å². The Morgan fingerprint density at radius 1 is 0.462 bits per heavy atom. The van der Waals surface area contributed by atoms with E-state index in [1.54, 1.807) is 0 Å². The van der Waals surface area contributed by atoms with Crippen LogP contribution in [0.4, 0.5) is 0 Å². The first-order valence-corrected chi connectivity index (χ1v) is 14.1. The molecule has 39 heavy (non-hydrogen) atoms. The summed E-state index contributed by atoms with van der Waals surface area (Å²) < 4.78 is 3.49. The van der Waals surface area contributed by atoms with Crippen molar-refractivity contribution in [2.45, 2.75) is 5.41 Å². The van der Waals surface area contributed by atoms with E-state index in [9.17, 15) is 0 Å². The third-order valence-electron chi connectivity index (χ3n) is 8.34. The molecule has 1 heterocycles. The minimum atomic E-state index is -0.399. The number of benzene rings is 6. The quantitative estimate of drug-likeness (QED) is 0.202. The molecule has 0 spiro atoms. The molecule has 0 aliphatic heterocycles. The highest BCUT2D eigenvalue weighted by Crippen LogP contribution is 2.57. The summed E-state index contributed by atoms with van der Waals surface area (Å²) in [7, 11) is 0. The fourth-order valence-electron chi connectivity index (χ4n) is 6.77. The van der Waals surface area contributed by atoms with Crippen LogP contribution in [-0.2, 0) is 5.41 Å². The van der Waals surface area contributed by atoms with E-state index in [1.807, 2.05) is 0 Å². The molecule has 0 saturated heterocycles. The monoisotopic (exact) mass is 561 g/mol. The number of para-hydroxylation sites is 1. The molecule has 1 aliphatic rings. The second kappa shape index (κ2) is 8.56. The van der Waals surface area contributed by atoms with Gasteiger partial charge in [0.05, 0.1) is 16.4 Å². The number of fused-ring (bicyclic) bond motifs is 6. The van der Waals surface area contributed by atoms with Crippen LogP contribution in [0.1, 0.15) is 22.3 Å². The highest BCUT2D eigenvalue weighted by Gasteiger charge is 2.46. The van der Waals surface area contributed by atoms with Crippen LogP contribution in [0.3, 0.4) is 0 Å². The van der Waals surface area contributed by atoms with Crippen LogP contribution in [0.15, 0.2) is 150 Å². The lowest BCUT2D eigenvalue weighted by Crippen LogP contribution is -2.28. The molecule has 7 aromatic rings. The number of nitrogens with zero attached hydrogens (tertiary/aromatic N) is 1. The first-order valence-electron chi connectivity index (χ1n) is 13.3. The van der Waals surface area contributed by atoms with Crippen LogP contribution in [0.2, 0.25) is 0 Å². The molecule has 0 radical (unpaired) electrons. The highest BCUT2D eigenvalue weighted by atomic mass is 79.9. The van der Waals surface area contributed by atoms with Gasteiger partial charge in [-0.1, -0.05) is 119 Å². The Morgan fingerprint density at radius 2 is 1.08 bits per heavy atom. The Morgan fingerprint density at radius 3 is 1.79 bits per heavy atom. The molecule has 0 N–H and O–H groups in total. The van der Waals surface area contributed by atoms with Crippen LogP contribution in [-0.4, -0.2) is 4.57 Å². The molecule has 2 heteroatoms. The predicted molar refractivity (Wildman–Crippen MR) is 166 cm³/mol. The van der Waals surface area contributed by atoms with Gasteiger partial charge in [-0.3, -0.25) is 0 Å². The Labute approximate surface area is 236 Å². The zero-order valence-electron chi connectivity index (χ0n) is 21.2. The lowest BCUT2D eigenvalue weighted by Gasteiger charge is -2.33. The van der Waals surface area contributed by atoms with Crippen molar-refractivity contribution in [2.24, 2.45) is 0 Å². The largest absolute Gasteiger partial charge is 0.309 e. The zero-order valence-corrected chi connectivity index (χ0v) is 22.8. The maximum atomic E-state index is 3.61. The number of hydrogen-bond acceptors (Lipinski definition) is 0. The summed E-state index contributed by atoms with van der Waals surface area (Å²) in [5, 5.41) is 2.54. The normalized spacial score (nSPS) is 13.5. The predicted octanol–water partition coefficient (Wildman–Crippen LogP) is 9.91. The van der Waals surface area contributed by atoms with Gasteiger partial charge in [-0.15, -0.1) is 0 Å². The van der Waals surface area contributed by atoms with Crippen molar-refractivity contribution in [1.29, 1.82) is 0 Å². The molecule has 0 bridgehead atoms. The van der Waals surface area contributed by atoms with E-state index in [0.717, 1.165) is 10.2 Å². The maximum absolute atomic E-state index is 3.61. The van der Waals surface area contributed by atoms with Crippen molar-refractivity contribution >= 4 is 37.7 Å². The van der Waals surface area contributed by atoms with Gasteiger partial charge in [0.15, 0.2) is 0 Å². The summed E-state index contributed by atoms with van der Waals surface area (Å²) in [6.45, 7) is 0. The van der Waals surface area contributed by atoms with Crippen molar-refractivity contribution in [2.75, 3.05) is 0 Å². The fourth-order valence-corrected chi connectivity index (χ4v) is 7.04. The van der Waals surface area contributed by atoms with Crippen LogP contribution in [0, 0.1) is 0 Å². The first kappa shape index (κ1) is 22.6. The Hall–Kier alpha value is -4.40.